The standard InChI is InChI=1S/C11H21N3/c1-4-5-10(12)6-7-11-8-9(2)13-14(11)3/h8,10H,4-7,12H2,1-3H3. The van der Waals surface area contributed by atoms with Crippen molar-refractivity contribution >= 4 is 0 Å². The highest BCUT2D eigenvalue weighted by Crippen LogP contribution is 2.08. The Balaban J connectivity index is 2.41. The van der Waals surface area contributed by atoms with E-state index in [4.69, 9.17) is 5.73 Å². The number of nitrogens with zero attached hydrogens (tertiary/aromatic N) is 2. The van der Waals surface area contributed by atoms with Gasteiger partial charge in [-0.1, -0.05) is 13.3 Å². The Labute approximate surface area is 86.3 Å². The lowest BCUT2D eigenvalue weighted by Crippen LogP contribution is -2.20. The lowest BCUT2D eigenvalue weighted by atomic mass is 10.1. The zero-order valence-electron chi connectivity index (χ0n) is 9.45. The minimum atomic E-state index is 0.343. The Kier molecular flexibility index (Phi) is 4.14. The van der Waals surface area contributed by atoms with Gasteiger partial charge in [0.05, 0.1) is 5.69 Å². The Bertz CT molecular complexity index is 278. The monoisotopic (exact) mass is 195 g/mol. The van der Waals surface area contributed by atoms with E-state index in [0.29, 0.717) is 6.04 Å². The lowest BCUT2D eigenvalue weighted by molar-refractivity contribution is 0.547. The second kappa shape index (κ2) is 5.15. The smallest absolute Gasteiger partial charge is 0.0596 e. The SMILES string of the molecule is CCCC(N)CCc1cc(C)nn1C. The molecular formula is C11H21N3. The van der Waals surface area contributed by atoms with Crippen molar-refractivity contribution in [3.8, 4) is 0 Å². The number of aromatic nitrogens is 2. The summed E-state index contributed by atoms with van der Waals surface area (Å²) in [6.45, 7) is 4.20. The fraction of sp³-hybridized carbons (Fsp3) is 0.727. The van der Waals surface area contributed by atoms with Crippen molar-refractivity contribution in [3.05, 3.63) is 17.5 Å². The highest BCUT2D eigenvalue weighted by Gasteiger charge is 2.05. The molecule has 0 amide bonds. The molecule has 0 fully saturated rings. The van der Waals surface area contributed by atoms with E-state index in [1.165, 1.54) is 12.1 Å². The molecule has 1 heterocycles. The van der Waals surface area contributed by atoms with E-state index in [9.17, 15) is 0 Å². The van der Waals surface area contributed by atoms with Crippen molar-refractivity contribution in [1.82, 2.24) is 9.78 Å². The Morgan fingerprint density at radius 1 is 1.50 bits per heavy atom. The quantitative estimate of drug-likeness (QED) is 0.778. The first kappa shape index (κ1) is 11.2. The predicted octanol–water partition coefficient (Wildman–Crippen LogP) is 1.79. The van der Waals surface area contributed by atoms with Gasteiger partial charge >= 0.3 is 0 Å². The fourth-order valence-corrected chi connectivity index (χ4v) is 1.75. The zero-order chi connectivity index (χ0) is 10.6. The van der Waals surface area contributed by atoms with Crippen LogP contribution in [0.2, 0.25) is 0 Å². The van der Waals surface area contributed by atoms with Crippen LogP contribution in [0.3, 0.4) is 0 Å². The maximum Gasteiger partial charge on any atom is 0.0596 e. The predicted molar refractivity (Wildman–Crippen MR) is 59.1 cm³/mol. The third kappa shape index (κ3) is 3.14. The minimum Gasteiger partial charge on any atom is -0.328 e. The minimum absolute atomic E-state index is 0.343. The molecule has 1 rings (SSSR count). The summed E-state index contributed by atoms with van der Waals surface area (Å²) in [7, 11) is 1.99. The van der Waals surface area contributed by atoms with Gasteiger partial charge in [-0.15, -0.1) is 0 Å². The van der Waals surface area contributed by atoms with Crippen molar-refractivity contribution in [3.63, 3.8) is 0 Å². The normalized spacial score (nSPS) is 13.1. The Morgan fingerprint density at radius 2 is 2.21 bits per heavy atom. The summed E-state index contributed by atoms with van der Waals surface area (Å²) in [5.41, 5.74) is 8.33. The molecule has 1 unspecified atom stereocenters. The van der Waals surface area contributed by atoms with Crippen LogP contribution in [0.5, 0.6) is 0 Å². The first-order chi connectivity index (χ1) is 6.63. The van der Waals surface area contributed by atoms with Crippen LogP contribution in [0.15, 0.2) is 6.07 Å². The van der Waals surface area contributed by atoms with Crippen LogP contribution in [0.1, 0.15) is 37.6 Å². The molecule has 80 valence electrons. The summed E-state index contributed by atoms with van der Waals surface area (Å²) < 4.78 is 1.95. The van der Waals surface area contributed by atoms with E-state index in [2.05, 4.69) is 18.1 Å². The van der Waals surface area contributed by atoms with E-state index in [0.717, 1.165) is 25.0 Å². The molecular weight excluding hydrogens is 174 g/mol. The van der Waals surface area contributed by atoms with Crippen LogP contribution in [0.4, 0.5) is 0 Å². The van der Waals surface area contributed by atoms with Gasteiger partial charge in [-0.05, 0) is 32.3 Å². The summed E-state index contributed by atoms with van der Waals surface area (Å²) in [5, 5.41) is 4.31. The van der Waals surface area contributed by atoms with Crippen LogP contribution >= 0.6 is 0 Å². The average Bonchev–Trinajstić information content (AvgIpc) is 2.42. The molecule has 0 aromatic carbocycles. The summed E-state index contributed by atoms with van der Waals surface area (Å²) in [6, 6.07) is 2.48. The second-order valence-corrected chi connectivity index (χ2v) is 3.99. The number of nitrogens with two attached hydrogens (primary N) is 1. The number of hydrogen-bond donors (Lipinski definition) is 1. The van der Waals surface area contributed by atoms with Crippen molar-refractivity contribution < 1.29 is 0 Å². The second-order valence-electron chi connectivity index (χ2n) is 3.99. The summed E-state index contributed by atoms with van der Waals surface area (Å²) in [6.07, 6.45) is 4.40. The molecule has 0 bridgehead atoms. The van der Waals surface area contributed by atoms with Gasteiger partial charge in [0.25, 0.3) is 0 Å². The van der Waals surface area contributed by atoms with Crippen LogP contribution in [-0.4, -0.2) is 15.8 Å². The third-order valence-corrected chi connectivity index (χ3v) is 2.53. The van der Waals surface area contributed by atoms with Crippen molar-refractivity contribution in [2.24, 2.45) is 12.8 Å². The van der Waals surface area contributed by atoms with E-state index < -0.39 is 0 Å². The summed E-state index contributed by atoms with van der Waals surface area (Å²) in [4.78, 5) is 0. The molecule has 3 heteroatoms. The molecule has 3 nitrogen and oxygen atoms in total. The van der Waals surface area contributed by atoms with Crippen LogP contribution in [0.25, 0.3) is 0 Å². The molecule has 1 aromatic rings. The van der Waals surface area contributed by atoms with Gasteiger partial charge in [0.2, 0.25) is 0 Å². The summed E-state index contributed by atoms with van der Waals surface area (Å²) in [5.74, 6) is 0. The Hall–Kier alpha value is -0.830. The molecule has 0 spiro atoms. The molecule has 0 saturated carbocycles. The largest absolute Gasteiger partial charge is 0.328 e. The average molecular weight is 195 g/mol. The first-order valence-electron chi connectivity index (χ1n) is 5.38. The number of rotatable bonds is 5. The van der Waals surface area contributed by atoms with Crippen LogP contribution in [-0.2, 0) is 13.5 Å². The van der Waals surface area contributed by atoms with Gasteiger partial charge in [-0.2, -0.15) is 5.10 Å². The molecule has 0 aliphatic carbocycles. The first-order valence-corrected chi connectivity index (χ1v) is 5.38. The third-order valence-electron chi connectivity index (χ3n) is 2.53. The zero-order valence-corrected chi connectivity index (χ0v) is 9.45. The van der Waals surface area contributed by atoms with Gasteiger partial charge in [-0.3, -0.25) is 4.68 Å². The molecule has 0 radical (unpaired) electrons. The Morgan fingerprint density at radius 3 is 2.71 bits per heavy atom. The molecule has 2 N–H and O–H groups in total. The van der Waals surface area contributed by atoms with E-state index in [1.54, 1.807) is 0 Å². The van der Waals surface area contributed by atoms with Gasteiger partial charge in [0.1, 0.15) is 0 Å². The van der Waals surface area contributed by atoms with Crippen molar-refractivity contribution in [2.45, 2.75) is 45.6 Å². The molecule has 0 aliphatic heterocycles. The van der Waals surface area contributed by atoms with E-state index in [-0.39, 0.29) is 0 Å². The van der Waals surface area contributed by atoms with E-state index in [1.807, 2.05) is 18.7 Å². The maximum atomic E-state index is 5.96. The van der Waals surface area contributed by atoms with Crippen LogP contribution in [0, 0.1) is 6.92 Å². The van der Waals surface area contributed by atoms with Crippen molar-refractivity contribution in [1.29, 1.82) is 0 Å². The maximum absolute atomic E-state index is 5.96. The highest BCUT2D eigenvalue weighted by atomic mass is 15.3. The summed E-state index contributed by atoms with van der Waals surface area (Å²) >= 11 is 0. The van der Waals surface area contributed by atoms with Gasteiger partial charge in [0.15, 0.2) is 0 Å². The molecule has 0 aliphatic rings. The molecule has 14 heavy (non-hydrogen) atoms. The number of aryl methyl sites for hydroxylation is 3. The molecule has 0 saturated heterocycles. The molecule has 1 atom stereocenters. The fourth-order valence-electron chi connectivity index (χ4n) is 1.75. The van der Waals surface area contributed by atoms with E-state index >= 15 is 0 Å². The van der Waals surface area contributed by atoms with Crippen LogP contribution < -0.4 is 5.73 Å². The van der Waals surface area contributed by atoms with Gasteiger partial charge in [0, 0.05) is 18.8 Å². The highest BCUT2D eigenvalue weighted by molar-refractivity contribution is 5.08. The lowest BCUT2D eigenvalue weighted by Gasteiger charge is -2.09. The van der Waals surface area contributed by atoms with Gasteiger partial charge in [-0.25, -0.2) is 0 Å². The van der Waals surface area contributed by atoms with Crippen molar-refractivity contribution in [2.75, 3.05) is 0 Å². The topological polar surface area (TPSA) is 43.8 Å². The number of hydrogen-bond acceptors (Lipinski definition) is 2. The van der Waals surface area contributed by atoms with Gasteiger partial charge < -0.3 is 5.73 Å². The molecule has 1 aromatic heterocycles.